The average Bonchev–Trinajstić information content (AvgIpc) is 2.71. The SMILES string of the molecule is COC(=O)c1c(CC(C)(C)C)sc2c1CCN(C(C)(C)C)C2. The molecule has 3 nitrogen and oxygen atoms in total. The fourth-order valence-electron chi connectivity index (χ4n) is 2.98. The maximum atomic E-state index is 12.3. The first-order valence-corrected chi connectivity index (χ1v) is 8.81. The van der Waals surface area contributed by atoms with E-state index in [4.69, 9.17) is 4.74 Å². The van der Waals surface area contributed by atoms with E-state index in [0.29, 0.717) is 0 Å². The standard InChI is InChI=1S/C18H29NO2S/c1-17(2,3)10-13-15(16(20)21-7)12-8-9-19(18(4,5)6)11-14(12)22-13/h8-11H2,1-7H3. The molecule has 1 aliphatic rings. The van der Waals surface area contributed by atoms with Crippen molar-refractivity contribution in [2.24, 2.45) is 5.41 Å². The molecular weight excluding hydrogens is 294 g/mol. The number of methoxy groups -OCH3 is 1. The van der Waals surface area contributed by atoms with Gasteiger partial charge in [-0.25, -0.2) is 4.79 Å². The van der Waals surface area contributed by atoms with Crippen LogP contribution in [-0.2, 0) is 24.1 Å². The van der Waals surface area contributed by atoms with Crippen LogP contribution >= 0.6 is 11.3 Å². The summed E-state index contributed by atoms with van der Waals surface area (Å²) in [6.07, 6.45) is 1.86. The molecule has 0 radical (unpaired) electrons. The molecule has 1 aromatic heterocycles. The Bertz CT molecular complexity index is 561. The predicted octanol–water partition coefficient (Wildman–Crippen LogP) is 4.28. The van der Waals surface area contributed by atoms with E-state index in [1.807, 2.05) is 11.3 Å². The Morgan fingerprint density at radius 2 is 1.86 bits per heavy atom. The lowest BCUT2D eigenvalue weighted by Gasteiger charge is -2.38. The van der Waals surface area contributed by atoms with Crippen LogP contribution in [0.5, 0.6) is 0 Å². The molecule has 1 aromatic rings. The minimum Gasteiger partial charge on any atom is -0.465 e. The van der Waals surface area contributed by atoms with Crippen LogP contribution in [0.1, 0.15) is 67.2 Å². The molecule has 0 spiro atoms. The van der Waals surface area contributed by atoms with E-state index < -0.39 is 0 Å². The average molecular weight is 324 g/mol. The normalized spacial score (nSPS) is 16.5. The van der Waals surface area contributed by atoms with Gasteiger partial charge in [-0.15, -0.1) is 11.3 Å². The molecule has 124 valence electrons. The van der Waals surface area contributed by atoms with E-state index in [1.165, 1.54) is 22.4 Å². The zero-order valence-corrected chi connectivity index (χ0v) is 15.8. The van der Waals surface area contributed by atoms with Crippen molar-refractivity contribution in [1.29, 1.82) is 0 Å². The van der Waals surface area contributed by atoms with E-state index in [0.717, 1.165) is 31.5 Å². The van der Waals surface area contributed by atoms with Gasteiger partial charge in [0.15, 0.2) is 0 Å². The molecule has 0 saturated carbocycles. The first-order chi connectivity index (χ1) is 10.0. The second kappa shape index (κ2) is 5.97. The molecule has 0 N–H and O–H groups in total. The quantitative estimate of drug-likeness (QED) is 0.761. The molecule has 2 rings (SSSR count). The summed E-state index contributed by atoms with van der Waals surface area (Å²) in [7, 11) is 1.48. The Kier molecular flexibility index (Phi) is 4.74. The summed E-state index contributed by atoms with van der Waals surface area (Å²) in [6.45, 7) is 15.4. The summed E-state index contributed by atoms with van der Waals surface area (Å²) in [5.74, 6) is -0.166. The Labute approximate surface area is 138 Å². The van der Waals surface area contributed by atoms with Gasteiger partial charge in [0.1, 0.15) is 0 Å². The highest BCUT2D eigenvalue weighted by Gasteiger charge is 2.32. The lowest BCUT2D eigenvalue weighted by molar-refractivity contribution is 0.0596. The molecule has 4 heteroatoms. The Morgan fingerprint density at radius 1 is 1.23 bits per heavy atom. The van der Waals surface area contributed by atoms with Gasteiger partial charge in [-0.05, 0) is 44.6 Å². The Morgan fingerprint density at radius 3 is 2.36 bits per heavy atom. The number of ether oxygens (including phenoxy) is 1. The van der Waals surface area contributed by atoms with Gasteiger partial charge in [-0.2, -0.15) is 0 Å². The van der Waals surface area contributed by atoms with Gasteiger partial charge < -0.3 is 4.74 Å². The van der Waals surface area contributed by atoms with Gasteiger partial charge in [0.05, 0.1) is 12.7 Å². The van der Waals surface area contributed by atoms with E-state index in [9.17, 15) is 4.79 Å². The summed E-state index contributed by atoms with van der Waals surface area (Å²) in [5, 5.41) is 0. The van der Waals surface area contributed by atoms with Gasteiger partial charge in [0.2, 0.25) is 0 Å². The summed E-state index contributed by atoms with van der Waals surface area (Å²) in [4.78, 5) is 17.3. The maximum absolute atomic E-state index is 12.3. The summed E-state index contributed by atoms with van der Waals surface area (Å²) in [6, 6.07) is 0. The maximum Gasteiger partial charge on any atom is 0.339 e. The number of hydrogen-bond donors (Lipinski definition) is 0. The lowest BCUT2D eigenvalue weighted by atomic mass is 9.89. The first-order valence-electron chi connectivity index (χ1n) is 8.00. The van der Waals surface area contributed by atoms with Crippen molar-refractivity contribution >= 4 is 17.3 Å². The largest absolute Gasteiger partial charge is 0.465 e. The zero-order chi connectivity index (χ0) is 16.7. The molecule has 1 aliphatic heterocycles. The molecule has 22 heavy (non-hydrogen) atoms. The number of carbonyl (C=O) groups is 1. The van der Waals surface area contributed by atoms with E-state index in [-0.39, 0.29) is 16.9 Å². The fourth-order valence-corrected chi connectivity index (χ4v) is 4.64. The van der Waals surface area contributed by atoms with Crippen molar-refractivity contribution in [2.45, 2.75) is 66.5 Å². The molecular formula is C18H29NO2S. The number of carbonyl (C=O) groups excluding carboxylic acids is 1. The third-order valence-electron chi connectivity index (χ3n) is 4.16. The number of fused-ring (bicyclic) bond motifs is 1. The minimum absolute atomic E-state index is 0.164. The topological polar surface area (TPSA) is 29.5 Å². The highest BCUT2D eigenvalue weighted by molar-refractivity contribution is 7.12. The minimum atomic E-state index is -0.166. The van der Waals surface area contributed by atoms with Crippen LogP contribution in [0.25, 0.3) is 0 Å². The van der Waals surface area contributed by atoms with Crippen molar-refractivity contribution in [3.8, 4) is 0 Å². The van der Waals surface area contributed by atoms with Crippen molar-refractivity contribution < 1.29 is 9.53 Å². The number of nitrogens with zero attached hydrogens (tertiary/aromatic N) is 1. The van der Waals surface area contributed by atoms with Crippen LogP contribution in [-0.4, -0.2) is 30.1 Å². The first kappa shape index (κ1) is 17.5. The van der Waals surface area contributed by atoms with Crippen molar-refractivity contribution in [2.75, 3.05) is 13.7 Å². The van der Waals surface area contributed by atoms with Crippen LogP contribution < -0.4 is 0 Å². The Balaban J connectivity index is 2.42. The number of rotatable bonds is 2. The highest BCUT2D eigenvalue weighted by atomic mass is 32.1. The number of hydrogen-bond acceptors (Lipinski definition) is 4. The van der Waals surface area contributed by atoms with E-state index in [2.05, 4.69) is 46.4 Å². The van der Waals surface area contributed by atoms with E-state index in [1.54, 1.807) is 0 Å². The fraction of sp³-hybridized carbons (Fsp3) is 0.722. The van der Waals surface area contributed by atoms with Gasteiger partial charge in [-0.1, -0.05) is 20.8 Å². The molecule has 0 bridgehead atoms. The van der Waals surface area contributed by atoms with Crippen LogP contribution in [0.4, 0.5) is 0 Å². The number of thiophene rings is 1. The van der Waals surface area contributed by atoms with Gasteiger partial charge in [0, 0.05) is 28.4 Å². The molecule has 0 saturated heterocycles. The molecule has 0 amide bonds. The monoisotopic (exact) mass is 323 g/mol. The molecule has 0 fully saturated rings. The predicted molar refractivity (Wildman–Crippen MR) is 92.7 cm³/mol. The zero-order valence-electron chi connectivity index (χ0n) is 15.0. The third-order valence-corrected chi connectivity index (χ3v) is 5.38. The third kappa shape index (κ3) is 3.72. The van der Waals surface area contributed by atoms with Crippen LogP contribution in [0.3, 0.4) is 0 Å². The smallest absolute Gasteiger partial charge is 0.339 e. The Hall–Kier alpha value is -0.870. The molecule has 0 aromatic carbocycles. The summed E-state index contributed by atoms with van der Waals surface area (Å²) >= 11 is 1.81. The second-order valence-electron chi connectivity index (χ2n) is 8.37. The van der Waals surface area contributed by atoms with Gasteiger partial charge in [-0.3, -0.25) is 4.90 Å². The molecule has 0 unspecified atom stereocenters. The van der Waals surface area contributed by atoms with Crippen molar-refractivity contribution in [3.05, 3.63) is 20.9 Å². The molecule has 2 heterocycles. The van der Waals surface area contributed by atoms with E-state index >= 15 is 0 Å². The summed E-state index contributed by atoms with van der Waals surface area (Å²) in [5.41, 5.74) is 2.42. The van der Waals surface area contributed by atoms with Crippen molar-refractivity contribution in [1.82, 2.24) is 4.90 Å². The van der Waals surface area contributed by atoms with Crippen molar-refractivity contribution in [3.63, 3.8) is 0 Å². The van der Waals surface area contributed by atoms with Gasteiger partial charge >= 0.3 is 5.97 Å². The lowest BCUT2D eigenvalue weighted by Crippen LogP contribution is -2.44. The molecule has 0 aliphatic carbocycles. The second-order valence-corrected chi connectivity index (χ2v) is 9.56. The highest BCUT2D eigenvalue weighted by Crippen LogP contribution is 2.38. The molecule has 0 atom stereocenters. The summed E-state index contributed by atoms with van der Waals surface area (Å²) < 4.78 is 5.06. The van der Waals surface area contributed by atoms with Gasteiger partial charge in [0.25, 0.3) is 0 Å². The van der Waals surface area contributed by atoms with Crippen LogP contribution in [0.2, 0.25) is 0 Å². The number of esters is 1. The van der Waals surface area contributed by atoms with Crippen LogP contribution in [0, 0.1) is 5.41 Å². The van der Waals surface area contributed by atoms with Crippen LogP contribution in [0.15, 0.2) is 0 Å².